The second kappa shape index (κ2) is 4.17. The zero-order chi connectivity index (χ0) is 13.0. The summed E-state index contributed by atoms with van der Waals surface area (Å²) in [5.74, 6) is 2.70. The maximum atomic E-state index is 9.80. The molecule has 0 radical (unpaired) electrons. The first-order chi connectivity index (χ1) is 9.16. The smallest absolute Gasteiger partial charge is 0.350 e. The Labute approximate surface area is 116 Å². The van der Waals surface area contributed by atoms with Gasteiger partial charge in [-0.2, -0.15) is 0 Å². The van der Waals surface area contributed by atoms with E-state index in [0.717, 1.165) is 22.9 Å². The van der Waals surface area contributed by atoms with E-state index in [4.69, 9.17) is 0 Å². The van der Waals surface area contributed by atoms with Crippen LogP contribution >= 0.6 is 0 Å². The Kier molecular flexibility index (Phi) is 2.66. The zero-order valence-corrected chi connectivity index (χ0v) is 12.4. The van der Waals surface area contributed by atoms with Crippen molar-refractivity contribution in [2.45, 2.75) is 43.9 Å². The van der Waals surface area contributed by atoms with E-state index in [1.807, 2.05) is 12.1 Å². The van der Waals surface area contributed by atoms with Crippen LogP contribution in [0, 0.1) is 17.8 Å². The van der Waals surface area contributed by atoms with Crippen LogP contribution in [0.2, 0.25) is 0 Å². The van der Waals surface area contributed by atoms with E-state index in [1.165, 1.54) is 44.1 Å². The highest BCUT2D eigenvalue weighted by Gasteiger charge is 2.52. The predicted molar refractivity (Wildman–Crippen MR) is 77.5 cm³/mol. The maximum Gasteiger partial charge on any atom is 0.350 e. The molecule has 4 fully saturated rings. The standard InChI is InChI=1S/C16H22O2Si/c17-19(18)15-4-2-1-3-14(15)16-8-11-5-12(9-16)7-13(6-11)10-16/h1-4,11-13,17-19H,5-10H2. The number of hydrogen-bond donors (Lipinski definition) is 2. The molecule has 0 aliphatic heterocycles. The lowest BCUT2D eigenvalue weighted by Crippen LogP contribution is -2.51. The Morgan fingerprint density at radius 2 is 1.42 bits per heavy atom. The summed E-state index contributed by atoms with van der Waals surface area (Å²) in [6, 6.07) is 8.15. The summed E-state index contributed by atoms with van der Waals surface area (Å²) in [6.07, 6.45) is 8.16. The van der Waals surface area contributed by atoms with Gasteiger partial charge in [0.1, 0.15) is 0 Å². The molecule has 4 aliphatic carbocycles. The van der Waals surface area contributed by atoms with Gasteiger partial charge in [-0.25, -0.2) is 0 Å². The molecule has 3 heteroatoms. The van der Waals surface area contributed by atoms with Crippen LogP contribution in [0.4, 0.5) is 0 Å². The van der Waals surface area contributed by atoms with E-state index in [1.54, 1.807) is 0 Å². The third kappa shape index (κ3) is 1.83. The van der Waals surface area contributed by atoms with Crippen LogP contribution in [0.15, 0.2) is 24.3 Å². The normalized spacial score (nSPS) is 40.1. The molecule has 2 nitrogen and oxygen atoms in total. The van der Waals surface area contributed by atoms with Gasteiger partial charge in [0.15, 0.2) is 0 Å². The third-order valence-electron chi connectivity index (χ3n) is 5.85. The SMILES string of the molecule is O[SiH](O)c1ccccc1C12CC3CC(CC(C3)C1)C2. The van der Waals surface area contributed by atoms with Crippen molar-refractivity contribution in [3.63, 3.8) is 0 Å². The Balaban J connectivity index is 1.80. The van der Waals surface area contributed by atoms with Crippen LogP contribution in [0.1, 0.15) is 44.1 Å². The van der Waals surface area contributed by atoms with E-state index < -0.39 is 9.28 Å². The molecule has 4 aliphatic rings. The number of hydrogen-bond acceptors (Lipinski definition) is 2. The molecule has 0 unspecified atom stereocenters. The van der Waals surface area contributed by atoms with Gasteiger partial charge in [0.25, 0.3) is 0 Å². The van der Waals surface area contributed by atoms with Crippen molar-refractivity contribution in [1.82, 2.24) is 0 Å². The molecule has 0 saturated heterocycles. The molecule has 19 heavy (non-hydrogen) atoms. The summed E-state index contributed by atoms with van der Waals surface area (Å²) in [6.45, 7) is 0. The first kappa shape index (κ1) is 12.1. The zero-order valence-electron chi connectivity index (χ0n) is 11.3. The maximum absolute atomic E-state index is 9.80. The van der Waals surface area contributed by atoms with Crippen molar-refractivity contribution in [3.8, 4) is 0 Å². The van der Waals surface area contributed by atoms with Crippen LogP contribution in [-0.4, -0.2) is 18.9 Å². The first-order valence-electron chi connectivity index (χ1n) is 7.62. The van der Waals surface area contributed by atoms with Gasteiger partial charge in [0, 0.05) is 0 Å². The van der Waals surface area contributed by atoms with Crippen molar-refractivity contribution >= 4 is 14.5 Å². The molecule has 102 valence electrons. The Bertz CT molecular complexity index is 462. The van der Waals surface area contributed by atoms with Gasteiger partial charge in [-0.1, -0.05) is 24.3 Å². The average Bonchev–Trinajstić information content (AvgIpc) is 2.37. The summed E-state index contributed by atoms with van der Waals surface area (Å²) in [5, 5.41) is 0.879. The Hall–Kier alpha value is -0.643. The lowest BCUT2D eigenvalue weighted by Gasteiger charge is -2.57. The van der Waals surface area contributed by atoms with Gasteiger partial charge >= 0.3 is 9.28 Å². The second-order valence-electron chi connectivity index (χ2n) is 7.16. The van der Waals surface area contributed by atoms with Crippen LogP contribution < -0.4 is 5.19 Å². The van der Waals surface area contributed by atoms with Crippen molar-refractivity contribution < 1.29 is 9.59 Å². The van der Waals surface area contributed by atoms with Crippen molar-refractivity contribution in [3.05, 3.63) is 29.8 Å². The fraction of sp³-hybridized carbons (Fsp3) is 0.625. The Morgan fingerprint density at radius 3 is 1.95 bits per heavy atom. The molecule has 0 heterocycles. The minimum atomic E-state index is -2.70. The number of benzene rings is 1. The highest BCUT2D eigenvalue weighted by Crippen LogP contribution is 2.60. The van der Waals surface area contributed by atoms with Crippen LogP contribution in [-0.2, 0) is 5.41 Å². The van der Waals surface area contributed by atoms with Gasteiger partial charge in [0.05, 0.1) is 0 Å². The van der Waals surface area contributed by atoms with Gasteiger partial charge in [-0.3, -0.25) is 0 Å². The molecule has 0 amide bonds. The summed E-state index contributed by atoms with van der Waals surface area (Å²) in [4.78, 5) is 19.6. The molecule has 2 N–H and O–H groups in total. The van der Waals surface area contributed by atoms with E-state index >= 15 is 0 Å². The molecule has 4 saturated carbocycles. The second-order valence-corrected chi connectivity index (χ2v) is 8.53. The number of rotatable bonds is 2. The van der Waals surface area contributed by atoms with E-state index in [9.17, 15) is 9.59 Å². The topological polar surface area (TPSA) is 40.5 Å². The lowest BCUT2D eigenvalue weighted by molar-refractivity contribution is -0.00482. The summed E-state index contributed by atoms with van der Waals surface area (Å²) in [5.41, 5.74) is 1.57. The molecule has 5 rings (SSSR count). The quantitative estimate of drug-likeness (QED) is 0.804. The fourth-order valence-corrected chi connectivity index (χ4v) is 6.61. The summed E-state index contributed by atoms with van der Waals surface area (Å²) in [7, 11) is -2.70. The minimum Gasteiger partial charge on any atom is -0.410 e. The van der Waals surface area contributed by atoms with Crippen LogP contribution in [0.3, 0.4) is 0 Å². The van der Waals surface area contributed by atoms with Gasteiger partial charge in [-0.15, -0.1) is 0 Å². The first-order valence-corrected chi connectivity index (χ1v) is 9.23. The molecular weight excluding hydrogens is 252 g/mol. The third-order valence-corrected chi connectivity index (χ3v) is 6.91. The van der Waals surface area contributed by atoms with Crippen LogP contribution in [0.5, 0.6) is 0 Å². The van der Waals surface area contributed by atoms with Gasteiger partial charge in [0.2, 0.25) is 0 Å². The van der Waals surface area contributed by atoms with Crippen LogP contribution in [0.25, 0.3) is 0 Å². The monoisotopic (exact) mass is 274 g/mol. The molecule has 0 atom stereocenters. The van der Waals surface area contributed by atoms with Gasteiger partial charge in [-0.05, 0) is 72.4 Å². The van der Waals surface area contributed by atoms with Gasteiger partial charge < -0.3 is 9.59 Å². The molecule has 0 spiro atoms. The van der Waals surface area contributed by atoms with Crippen molar-refractivity contribution in [1.29, 1.82) is 0 Å². The minimum absolute atomic E-state index is 0.280. The van der Waals surface area contributed by atoms with E-state index in [2.05, 4.69) is 12.1 Å². The van der Waals surface area contributed by atoms with E-state index in [0.29, 0.717) is 0 Å². The van der Waals surface area contributed by atoms with E-state index in [-0.39, 0.29) is 5.41 Å². The summed E-state index contributed by atoms with van der Waals surface area (Å²) >= 11 is 0. The summed E-state index contributed by atoms with van der Waals surface area (Å²) < 4.78 is 0. The average molecular weight is 274 g/mol. The fourth-order valence-electron chi connectivity index (χ4n) is 5.65. The van der Waals surface area contributed by atoms with Crippen molar-refractivity contribution in [2.75, 3.05) is 0 Å². The largest absolute Gasteiger partial charge is 0.410 e. The highest BCUT2D eigenvalue weighted by molar-refractivity contribution is 6.59. The molecular formula is C16H22O2Si. The Morgan fingerprint density at radius 1 is 0.895 bits per heavy atom. The highest BCUT2D eigenvalue weighted by atomic mass is 28.3. The van der Waals surface area contributed by atoms with Crippen molar-refractivity contribution in [2.24, 2.45) is 17.8 Å². The predicted octanol–water partition coefficient (Wildman–Crippen LogP) is 1.57. The molecule has 4 bridgehead atoms. The molecule has 0 aromatic heterocycles. The molecule has 1 aromatic carbocycles. The lowest BCUT2D eigenvalue weighted by atomic mass is 9.48. The molecule has 1 aromatic rings.